The highest BCUT2D eigenvalue weighted by molar-refractivity contribution is 6.13. The van der Waals surface area contributed by atoms with Gasteiger partial charge in [-0.25, -0.2) is 5.01 Å². The number of para-hydroxylation sites is 1. The molecule has 0 aliphatic carbocycles. The van der Waals surface area contributed by atoms with Crippen LogP contribution in [0.2, 0.25) is 0 Å². The zero-order valence-corrected chi connectivity index (χ0v) is 9.30. The summed E-state index contributed by atoms with van der Waals surface area (Å²) in [7, 11) is 0. The van der Waals surface area contributed by atoms with E-state index < -0.39 is 0 Å². The third-order valence-electron chi connectivity index (χ3n) is 2.49. The molecule has 0 unspecified atom stereocenters. The number of hydrogen-bond acceptors (Lipinski definition) is 3. The maximum atomic E-state index is 11.7. The van der Waals surface area contributed by atoms with E-state index in [1.165, 1.54) is 5.01 Å². The Morgan fingerprint density at radius 2 is 2.06 bits per heavy atom. The minimum absolute atomic E-state index is 0.0735. The lowest BCUT2D eigenvalue weighted by Crippen LogP contribution is -2.19. The highest BCUT2D eigenvalue weighted by atomic mass is 16.2. The number of carbonyl (C=O) groups is 2. The number of nitrogens with two attached hydrogens (primary N) is 1. The average molecular weight is 231 g/mol. The van der Waals surface area contributed by atoms with Crippen molar-refractivity contribution in [3.05, 3.63) is 30.3 Å². The second-order valence-corrected chi connectivity index (χ2v) is 3.85. The van der Waals surface area contributed by atoms with E-state index in [1.807, 2.05) is 30.3 Å². The number of hydrazone groups is 1. The Bertz CT molecular complexity index is 468. The summed E-state index contributed by atoms with van der Waals surface area (Å²) < 4.78 is 0. The maximum Gasteiger partial charge on any atom is 0.253 e. The van der Waals surface area contributed by atoms with Gasteiger partial charge in [-0.3, -0.25) is 9.59 Å². The van der Waals surface area contributed by atoms with E-state index in [2.05, 4.69) is 5.10 Å². The van der Waals surface area contributed by atoms with Crippen LogP contribution in [0, 0.1) is 0 Å². The van der Waals surface area contributed by atoms with Crippen LogP contribution in [0.4, 0.5) is 5.69 Å². The van der Waals surface area contributed by atoms with Crippen LogP contribution < -0.4 is 10.7 Å². The molecule has 1 aliphatic rings. The third-order valence-corrected chi connectivity index (χ3v) is 2.49. The summed E-state index contributed by atoms with van der Waals surface area (Å²) >= 11 is 0. The number of anilines is 1. The lowest BCUT2D eigenvalue weighted by molar-refractivity contribution is -0.118. The number of benzene rings is 1. The van der Waals surface area contributed by atoms with Gasteiger partial charge < -0.3 is 5.73 Å². The van der Waals surface area contributed by atoms with E-state index in [1.54, 1.807) is 0 Å². The quantitative estimate of drug-likeness (QED) is 0.840. The van der Waals surface area contributed by atoms with Gasteiger partial charge >= 0.3 is 0 Å². The zero-order valence-electron chi connectivity index (χ0n) is 9.30. The first-order chi connectivity index (χ1) is 8.16. The fraction of sp³-hybridized carbons (Fsp3) is 0.250. The molecule has 0 fully saturated rings. The van der Waals surface area contributed by atoms with Gasteiger partial charge in [0.25, 0.3) is 5.91 Å². The first-order valence-electron chi connectivity index (χ1n) is 5.39. The van der Waals surface area contributed by atoms with Gasteiger partial charge in [-0.05, 0) is 18.6 Å². The Labute approximate surface area is 98.9 Å². The molecule has 1 aliphatic heterocycles. The molecule has 0 radical (unpaired) electrons. The van der Waals surface area contributed by atoms with Crippen LogP contribution in [-0.2, 0) is 9.59 Å². The van der Waals surface area contributed by atoms with Gasteiger partial charge in [-0.15, -0.1) is 0 Å². The smallest absolute Gasteiger partial charge is 0.253 e. The molecule has 0 aromatic heterocycles. The summed E-state index contributed by atoms with van der Waals surface area (Å²) in [6.45, 7) is 0. The molecule has 0 atom stereocenters. The topological polar surface area (TPSA) is 75.8 Å². The summed E-state index contributed by atoms with van der Waals surface area (Å²) in [5.41, 5.74) is 6.51. The van der Waals surface area contributed by atoms with Crippen LogP contribution in [-0.4, -0.2) is 17.5 Å². The molecule has 0 bridgehead atoms. The number of rotatable bonds is 4. The van der Waals surface area contributed by atoms with Gasteiger partial charge in [-0.2, -0.15) is 5.10 Å². The van der Waals surface area contributed by atoms with Gasteiger partial charge in [0.15, 0.2) is 0 Å². The molecule has 88 valence electrons. The molecule has 1 aromatic carbocycles. The van der Waals surface area contributed by atoms with Crippen LogP contribution in [0.3, 0.4) is 0 Å². The molecule has 2 rings (SSSR count). The minimum atomic E-state index is -0.377. The first kappa shape index (κ1) is 11.3. The van der Waals surface area contributed by atoms with E-state index in [0.717, 1.165) is 5.69 Å². The molecule has 0 spiro atoms. The summed E-state index contributed by atoms with van der Waals surface area (Å²) in [5, 5.41) is 5.58. The Morgan fingerprint density at radius 3 is 2.71 bits per heavy atom. The van der Waals surface area contributed by atoms with Gasteiger partial charge in [0.05, 0.1) is 12.1 Å². The van der Waals surface area contributed by atoms with Crippen LogP contribution in [0.1, 0.15) is 19.3 Å². The van der Waals surface area contributed by atoms with Crippen molar-refractivity contribution in [3.63, 3.8) is 0 Å². The Hall–Kier alpha value is -2.17. The van der Waals surface area contributed by atoms with Crippen molar-refractivity contribution in [2.75, 3.05) is 5.01 Å². The number of carbonyl (C=O) groups excluding carboxylic acids is 2. The molecular formula is C12H13N3O2. The van der Waals surface area contributed by atoms with Gasteiger partial charge in [-0.1, -0.05) is 18.2 Å². The van der Waals surface area contributed by atoms with Crippen molar-refractivity contribution in [2.45, 2.75) is 19.3 Å². The van der Waals surface area contributed by atoms with Crippen molar-refractivity contribution in [1.29, 1.82) is 0 Å². The van der Waals surface area contributed by atoms with E-state index in [0.29, 0.717) is 12.1 Å². The molecular weight excluding hydrogens is 218 g/mol. The third kappa shape index (κ3) is 2.69. The van der Waals surface area contributed by atoms with Crippen molar-refractivity contribution >= 4 is 23.2 Å². The summed E-state index contributed by atoms with van der Waals surface area (Å²) in [4.78, 5) is 22.4. The maximum absolute atomic E-state index is 11.7. The lowest BCUT2D eigenvalue weighted by atomic mass is 10.1. The molecule has 2 amide bonds. The van der Waals surface area contributed by atoms with E-state index in [4.69, 9.17) is 5.73 Å². The monoisotopic (exact) mass is 231 g/mol. The molecule has 0 saturated carbocycles. The molecule has 0 saturated heterocycles. The number of hydrogen-bond donors (Lipinski definition) is 1. The van der Waals surface area contributed by atoms with E-state index >= 15 is 0 Å². The van der Waals surface area contributed by atoms with Crippen LogP contribution in [0.15, 0.2) is 35.4 Å². The first-order valence-corrected chi connectivity index (χ1v) is 5.39. The van der Waals surface area contributed by atoms with Gasteiger partial charge in [0, 0.05) is 12.1 Å². The predicted octanol–water partition coefficient (Wildman–Crippen LogP) is 1.04. The highest BCUT2D eigenvalue weighted by Gasteiger charge is 2.24. The zero-order chi connectivity index (χ0) is 12.3. The van der Waals surface area contributed by atoms with Gasteiger partial charge in [0.1, 0.15) is 0 Å². The van der Waals surface area contributed by atoms with Crippen molar-refractivity contribution in [3.8, 4) is 0 Å². The number of nitrogens with zero attached hydrogens (tertiary/aromatic N) is 2. The Kier molecular flexibility index (Phi) is 3.18. The minimum Gasteiger partial charge on any atom is -0.370 e. The van der Waals surface area contributed by atoms with Crippen molar-refractivity contribution in [1.82, 2.24) is 0 Å². The van der Waals surface area contributed by atoms with E-state index in [-0.39, 0.29) is 24.7 Å². The van der Waals surface area contributed by atoms with Crippen LogP contribution in [0.5, 0.6) is 0 Å². The summed E-state index contributed by atoms with van der Waals surface area (Å²) in [6.07, 6.45) is 0.946. The molecule has 1 heterocycles. The normalized spacial score (nSPS) is 14.9. The SMILES string of the molecule is NC(=O)CCC1=NN(c2ccccc2)C(=O)C1. The lowest BCUT2D eigenvalue weighted by Gasteiger charge is -2.10. The second-order valence-electron chi connectivity index (χ2n) is 3.85. The summed E-state index contributed by atoms with van der Waals surface area (Å²) in [5.74, 6) is -0.450. The fourth-order valence-electron chi connectivity index (χ4n) is 1.66. The second kappa shape index (κ2) is 4.78. The predicted molar refractivity (Wildman–Crippen MR) is 64.4 cm³/mol. The number of primary amides is 1. The standard InChI is InChI=1S/C12H13N3O2/c13-11(16)7-6-9-8-12(17)15(14-9)10-4-2-1-3-5-10/h1-5H,6-8H2,(H2,13,16). The van der Waals surface area contributed by atoms with Crippen LogP contribution >= 0.6 is 0 Å². The Morgan fingerprint density at radius 1 is 1.35 bits per heavy atom. The average Bonchev–Trinajstić information content (AvgIpc) is 2.69. The number of amides is 2. The molecule has 1 aromatic rings. The fourth-order valence-corrected chi connectivity index (χ4v) is 1.66. The van der Waals surface area contributed by atoms with Crippen molar-refractivity contribution < 1.29 is 9.59 Å². The molecule has 5 nitrogen and oxygen atoms in total. The summed E-state index contributed by atoms with van der Waals surface area (Å²) in [6, 6.07) is 9.21. The van der Waals surface area contributed by atoms with E-state index in [9.17, 15) is 9.59 Å². The largest absolute Gasteiger partial charge is 0.370 e. The Balaban J connectivity index is 2.09. The molecule has 5 heteroatoms. The van der Waals surface area contributed by atoms with Crippen molar-refractivity contribution in [2.24, 2.45) is 10.8 Å². The van der Waals surface area contributed by atoms with Gasteiger partial charge in [0.2, 0.25) is 5.91 Å². The molecule has 17 heavy (non-hydrogen) atoms. The highest BCUT2D eigenvalue weighted by Crippen LogP contribution is 2.20. The molecule has 2 N–H and O–H groups in total. The van der Waals surface area contributed by atoms with Crippen LogP contribution in [0.25, 0.3) is 0 Å².